The van der Waals surface area contributed by atoms with Gasteiger partial charge in [0.15, 0.2) is 0 Å². The molecule has 0 saturated carbocycles. The highest BCUT2D eigenvalue weighted by atomic mass is 32.2. The largest absolute Gasteiger partial charge is 0.312 e. The van der Waals surface area contributed by atoms with E-state index in [-0.39, 0.29) is 5.91 Å². The van der Waals surface area contributed by atoms with Crippen LogP contribution < -0.4 is 4.90 Å². The van der Waals surface area contributed by atoms with Gasteiger partial charge < -0.3 is 4.90 Å². The minimum atomic E-state index is -3.64. The van der Waals surface area contributed by atoms with E-state index >= 15 is 0 Å². The van der Waals surface area contributed by atoms with Crippen molar-refractivity contribution in [2.45, 2.75) is 43.9 Å². The number of anilines is 1. The molecule has 0 radical (unpaired) electrons. The Kier molecular flexibility index (Phi) is 4.39. The van der Waals surface area contributed by atoms with E-state index in [4.69, 9.17) is 0 Å². The molecule has 3 heterocycles. The van der Waals surface area contributed by atoms with Crippen LogP contribution in [0.3, 0.4) is 0 Å². The smallest absolute Gasteiger partial charge is 0.246 e. The summed E-state index contributed by atoms with van der Waals surface area (Å²) in [6.45, 7) is 6.74. The number of nitrogens with zero attached hydrogens (tertiary/aromatic N) is 4. The molecular weight excluding hydrogens is 376 g/mol. The first-order valence-electron chi connectivity index (χ1n) is 9.66. The number of likely N-dealkylation sites (N-methyl/N-ethyl adjacent to an activating group) is 1. The zero-order chi connectivity index (χ0) is 20.3. The summed E-state index contributed by atoms with van der Waals surface area (Å²) in [5, 5.41) is 4.26. The number of fused-ring (bicyclic) bond motifs is 2. The zero-order valence-corrected chi connectivity index (χ0v) is 17.6. The molecule has 0 bridgehead atoms. The van der Waals surface area contributed by atoms with Crippen molar-refractivity contribution in [1.82, 2.24) is 14.1 Å². The average molecular weight is 403 g/mol. The maximum Gasteiger partial charge on any atom is 0.246 e. The molecule has 1 aromatic heterocycles. The molecule has 1 saturated heterocycles. The molecule has 1 fully saturated rings. The molecule has 8 heteroatoms. The lowest BCUT2D eigenvalue weighted by Gasteiger charge is -2.37. The van der Waals surface area contributed by atoms with Gasteiger partial charge in [-0.05, 0) is 45.2 Å². The average Bonchev–Trinajstić information content (AvgIpc) is 3.06. The molecule has 0 unspecified atom stereocenters. The molecule has 2 aliphatic heterocycles. The Morgan fingerprint density at radius 3 is 2.36 bits per heavy atom. The molecule has 28 heavy (non-hydrogen) atoms. The van der Waals surface area contributed by atoms with Crippen LogP contribution in [-0.2, 0) is 27.3 Å². The van der Waals surface area contributed by atoms with Gasteiger partial charge >= 0.3 is 0 Å². The number of aromatic nitrogens is 2. The number of hydrogen-bond acceptors (Lipinski definition) is 4. The molecule has 7 nitrogen and oxygen atoms in total. The second kappa shape index (κ2) is 6.42. The summed E-state index contributed by atoms with van der Waals surface area (Å²) in [4.78, 5) is 15.4. The topological polar surface area (TPSA) is 75.5 Å². The van der Waals surface area contributed by atoms with E-state index < -0.39 is 15.4 Å². The maximum absolute atomic E-state index is 13.3. The van der Waals surface area contributed by atoms with Crippen LogP contribution in [0, 0.1) is 13.8 Å². The first-order chi connectivity index (χ1) is 13.2. The van der Waals surface area contributed by atoms with Crippen LogP contribution in [0.5, 0.6) is 0 Å². The second-order valence-corrected chi connectivity index (χ2v) is 9.55. The molecule has 150 valence electrons. The summed E-state index contributed by atoms with van der Waals surface area (Å²) in [5.74, 6) is 0.0991. The summed E-state index contributed by atoms with van der Waals surface area (Å²) in [5.41, 5.74) is 2.53. The van der Waals surface area contributed by atoms with Gasteiger partial charge in [-0.3, -0.25) is 9.48 Å². The van der Waals surface area contributed by atoms with Crippen molar-refractivity contribution in [3.05, 3.63) is 41.2 Å². The van der Waals surface area contributed by atoms with E-state index in [9.17, 15) is 13.2 Å². The third-order valence-corrected chi connectivity index (χ3v) is 8.45. The summed E-state index contributed by atoms with van der Waals surface area (Å²) in [6.07, 6.45) is 0.994. The van der Waals surface area contributed by atoms with Crippen molar-refractivity contribution in [2.24, 2.45) is 7.05 Å². The van der Waals surface area contributed by atoms with Crippen LogP contribution >= 0.6 is 0 Å². The van der Waals surface area contributed by atoms with Crippen LogP contribution in [0.25, 0.3) is 0 Å². The highest BCUT2D eigenvalue weighted by Gasteiger charge is 2.52. The van der Waals surface area contributed by atoms with E-state index in [1.165, 1.54) is 4.31 Å². The van der Waals surface area contributed by atoms with E-state index in [2.05, 4.69) is 5.10 Å². The summed E-state index contributed by atoms with van der Waals surface area (Å²) in [7, 11) is -1.89. The SMILES string of the molecule is CCN1C(=O)C2(CCN(S(=O)(=O)c3c(C)nn(C)c3C)CC2)c2ccccc21. The summed E-state index contributed by atoms with van der Waals surface area (Å²) >= 11 is 0. The highest BCUT2D eigenvalue weighted by Crippen LogP contribution is 2.48. The standard InChI is InChI=1S/C20H26N4O3S/c1-5-24-17-9-7-6-8-16(17)20(19(24)25)10-12-23(13-11-20)28(26,27)18-14(2)21-22(4)15(18)3/h6-9H,5,10-13H2,1-4H3. The Hall–Kier alpha value is -2.19. The number of carbonyl (C=O) groups excluding carboxylic acids is 1. The van der Waals surface area contributed by atoms with Gasteiger partial charge in [0.2, 0.25) is 15.9 Å². The van der Waals surface area contributed by atoms with E-state index in [0.29, 0.717) is 48.8 Å². The highest BCUT2D eigenvalue weighted by molar-refractivity contribution is 7.89. The fourth-order valence-electron chi connectivity index (χ4n) is 4.76. The third-order valence-electron chi connectivity index (χ3n) is 6.30. The molecule has 0 N–H and O–H groups in total. The number of aryl methyl sites for hydroxylation is 2. The molecule has 2 aliphatic rings. The minimum absolute atomic E-state index is 0.0991. The molecule has 1 spiro atoms. The first-order valence-corrected chi connectivity index (χ1v) is 11.1. The quantitative estimate of drug-likeness (QED) is 0.788. The number of piperidine rings is 1. The number of carbonyl (C=O) groups is 1. The van der Waals surface area contributed by atoms with Crippen molar-refractivity contribution in [1.29, 1.82) is 0 Å². The van der Waals surface area contributed by atoms with Gasteiger partial charge in [0.05, 0.1) is 16.8 Å². The van der Waals surface area contributed by atoms with Crippen molar-refractivity contribution in [3.63, 3.8) is 0 Å². The Morgan fingerprint density at radius 2 is 1.79 bits per heavy atom. The van der Waals surface area contributed by atoms with Crippen LogP contribution in [0.2, 0.25) is 0 Å². The molecule has 0 atom stereocenters. The monoisotopic (exact) mass is 402 g/mol. The predicted octanol–water partition coefficient (Wildman–Crippen LogP) is 2.13. The van der Waals surface area contributed by atoms with Gasteiger partial charge in [-0.2, -0.15) is 9.40 Å². The molecule has 1 aromatic carbocycles. The van der Waals surface area contributed by atoms with Gasteiger partial charge in [-0.15, -0.1) is 0 Å². The Morgan fingerprint density at radius 1 is 1.14 bits per heavy atom. The maximum atomic E-state index is 13.3. The second-order valence-electron chi connectivity index (χ2n) is 7.68. The van der Waals surface area contributed by atoms with Crippen LogP contribution in [-0.4, -0.2) is 48.0 Å². The summed E-state index contributed by atoms with van der Waals surface area (Å²) < 4.78 is 29.7. The summed E-state index contributed by atoms with van der Waals surface area (Å²) in [6, 6.07) is 7.90. The molecule has 2 aromatic rings. The lowest BCUT2D eigenvalue weighted by molar-refractivity contribution is -0.124. The zero-order valence-electron chi connectivity index (χ0n) is 16.8. The number of rotatable bonds is 3. The van der Waals surface area contributed by atoms with Crippen LogP contribution in [0.4, 0.5) is 5.69 Å². The van der Waals surface area contributed by atoms with E-state index in [1.807, 2.05) is 36.1 Å². The fraction of sp³-hybridized carbons (Fsp3) is 0.500. The normalized spacial score (nSPS) is 19.4. The van der Waals surface area contributed by atoms with Gasteiger partial charge in [-0.25, -0.2) is 8.42 Å². The number of sulfonamides is 1. The molecule has 0 aliphatic carbocycles. The predicted molar refractivity (Wildman–Crippen MR) is 107 cm³/mol. The van der Waals surface area contributed by atoms with Crippen LogP contribution in [0.1, 0.15) is 36.7 Å². The lowest BCUT2D eigenvalue weighted by Crippen LogP contribution is -2.50. The van der Waals surface area contributed by atoms with Crippen molar-refractivity contribution < 1.29 is 13.2 Å². The Bertz CT molecular complexity index is 1050. The van der Waals surface area contributed by atoms with E-state index in [1.54, 1.807) is 25.6 Å². The first kappa shape index (κ1) is 19.1. The van der Waals surface area contributed by atoms with Gasteiger partial charge in [0.1, 0.15) is 4.90 Å². The van der Waals surface area contributed by atoms with E-state index in [0.717, 1.165) is 11.3 Å². The van der Waals surface area contributed by atoms with Crippen molar-refractivity contribution in [3.8, 4) is 0 Å². The van der Waals surface area contributed by atoms with Crippen LogP contribution in [0.15, 0.2) is 29.2 Å². The number of hydrogen-bond donors (Lipinski definition) is 0. The van der Waals surface area contributed by atoms with Gasteiger partial charge in [0.25, 0.3) is 0 Å². The van der Waals surface area contributed by atoms with Crippen molar-refractivity contribution in [2.75, 3.05) is 24.5 Å². The molecular formula is C20H26N4O3S. The number of benzene rings is 1. The minimum Gasteiger partial charge on any atom is -0.312 e. The lowest BCUT2D eigenvalue weighted by atomic mass is 9.74. The third kappa shape index (κ3) is 2.47. The molecule has 4 rings (SSSR count). The Balaban J connectivity index is 1.66. The van der Waals surface area contributed by atoms with Gasteiger partial charge in [0, 0.05) is 32.4 Å². The van der Waals surface area contributed by atoms with Crippen molar-refractivity contribution >= 4 is 21.6 Å². The number of amides is 1. The molecule has 1 amide bonds. The fourth-order valence-corrected chi connectivity index (χ4v) is 6.60. The Labute approximate surface area is 166 Å². The number of para-hydroxylation sites is 1. The van der Waals surface area contributed by atoms with Gasteiger partial charge in [-0.1, -0.05) is 18.2 Å².